The summed E-state index contributed by atoms with van der Waals surface area (Å²) in [6, 6.07) is 7.73. The molecule has 0 bridgehead atoms. The fourth-order valence-electron chi connectivity index (χ4n) is 3.85. The first-order valence-corrected chi connectivity index (χ1v) is 11.8. The van der Waals surface area contributed by atoms with Gasteiger partial charge < -0.3 is 15.3 Å². The van der Waals surface area contributed by atoms with Gasteiger partial charge in [0.15, 0.2) is 0 Å². The molecule has 0 spiro atoms. The molecule has 0 unspecified atom stereocenters. The van der Waals surface area contributed by atoms with Crippen LogP contribution in [0.2, 0.25) is 0 Å². The van der Waals surface area contributed by atoms with Crippen molar-refractivity contribution >= 4 is 47.4 Å². The molecule has 35 heavy (non-hydrogen) atoms. The van der Waals surface area contributed by atoms with Gasteiger partial charge >= 0.3 is 17.9 Å². The molecule has 1 aliphatic rings. The summed E-state index contributed by atoms with van der Waals surface area (Å²) < 4.78 is 0. The van der Waals surface area contributed by atoms with E-state index in [1.807, 2.05) is 34.1 Å². The standard InChI is InChI=1S/C23H33N5O6S/c29-21(30)16-26-8-6-25(15-19-1-3-20(4-2-19)24-5-14-35)7-9-27(17-22(31)32)11-13-28(12-10-26)18-23(33)34/h1-5,14H,6-13,15-18H2,(H,29,30)(H,31,32)(H,33,34). The fourth-order valence-corrected chi connectivity index (χ4v) is 3.91. The topological polar surface area (TPSA) is 137 Å². The Morgan fingerprint density at radius 3 is 1.43 bits per heavy atom. The number of benzene rings is 1. The zero-order valence-electron chi connectivity index (χ0n) is 19.7. The van der Waals surface area contributed by atoms with Crippen molar-refractivity contribution in [1.82, 2.24) is 19.6 Å². The lowest BCUT2D eigenvalue weighted by atomic mass is 10.2. The molecule has 11 nitrogen and oxygen atoms in total. The molecule has 1 fully saturated rings. The fraction of sp³-hybridized carbons (Fsp3) is 0.522. The Morgan fingerprint density at radius 2 is 1.09 bits per heavy atom. The second-order valence-corrected chi connectivity index (χ2v) is 8.64. The molecule has 1 saturated heterocycles. The van der Waals surface area contributed by atoms with Crippen molar-refractivity contribution in [1.29, 1.82) is 0 Å². The number of nitrogens with zero attached hydrogens (tertiary/aromatic N) is 5. The lowest BCUT2D eigenvalue weighted by Gasteiger charge is -2.33. The maximum Gasteiger partial charge on any atom is 0.317 e. The molecule has 0 aliphatic carbocycles. The first-order chi connectivity index (χ1) is 16.7. The highest BCUT2D eigenvalue weighted by atomic mass is 32.1. The molecule has 2 rings (SSSR count). The third-order valence-corrected chi connectivity index (χ3v) is 5.76. The Hall–Kier alpha value is -2.77. The van der Waals surface area contributed by atoms with Crippen LogP contribution >= 0.6 is 12.2 Å². The minimum Gasteiger partial charge on any atom is -0.480 e. The first-order valence-electron chi connectivity index (χ1n) is 11.4. The van der Waals surface area contributed by atoms with Gasteiger partial charge in [0.05, 0.1) is 25.3 Å². The second kappa shape index (κ2) is 15.3. The summed E-state index contributed by atoms with van der Waals surface area (Å²) in [5, 5.41) is 29.3. The average molecular weight is 508 g/mol. The SMILES string of the molecule is O=C(O)CN1CCN(CC(=O)O)CCN(Cc2ccc(N=CC=S)cc2)CCN(CC(=O)O)CC1. The summed E-state index contributed by atoms with van der Waals surface area (Å²) in [5.41, 5.74) is 1.84. The van der Waals surface area contributed by atoms with Gasteiger partial charge in [-0.2, -0.15) is 0 Å². The van der Waals surface area contributed by atoms with E-state index in [0.29, 0.717) is 58.9 Å². The predicted octanol–water partition coefficient (Wildman–Crippen LogP) is 0.364. The van der Waals surface area contributed by atoms with Crippen LogP contribution in [0.15, 0.2) is 29.3 Å². The van der Waals surface area contributed by atoms with Gasteiger partial charge in [0.1, 0.15) is 0 Å². The van der Waals surface area contributed by atoms with Crippen LogP contribution in [0.3, 0.4) is 0 Å². The molecule has 1 aromatic carbocycles. The van der Waals surface area contributed by atoms with E-state index in [0.717, 1.165) is 11.3 Å². The second-order valence-electron chi connectivity index (χ2n) is 8.37. The van der Waals surface area contributed by atoms with Gasteiger partial charge in [-0.15, -0.1) is 0 Å². The maximum atomic E-state index is 11.4. The third-order valence-electron chi connectivity index (χ3n) is 5.63. The minimum absolute atomic E-state index is 0.132. The number of carboxylic acid groups (broad SMARTS) is 3. The highest BCUT2D eigenvalue weighted by Gasteiger charge is 2.20. The monoisotopic (exact) mass is 507 g/mol. The molecule has 0 atom stereocenters. The number of hydrogen-bond acceptors (Lipinski definition) is 9. The smallest absolute Gasteiger partial charge is 0.317 e. The normalized spacial score (nSPS) is 18.1. The van der Waals surface area contributed by atoms with Crippen LogP contribution in [0.1, 0.15) is 5.56 Å². The van der Waals surface area contributed by atoms with Gasteiger partial charge in [-0.05, 0) is 17.7 Å². The molecular weight excluding hydrogens is 474 g/mol. The quantitative estimate of drug-likeness (QED) is 0.299. The summed E-state index contributed by atoms with van der Waals surface area (Å²) in [6.07, 6.45) is 1.55. The molecular formula is C23H33N5O6S. The summed E-state index contributed by atoms with van der Waals surface area (Å²) in [6.45, 7) is 3.87. The highest BCUT2D eigenvalue weighted by molar-refractivity contribution is 7.80. The summed E-state index contributed by atoms with van der Waals surface area (Å²) in [4.78, 5) is 45.8. The molecule has 0 aromatic heterocycles. The number of rotatable bonds is 10. The van der Waals surface area contributed by atoms with Crippen LogP contribution in [0.4, 0.5) is 5.69 Å². The number of thiocarbonyl (C=S) groups is 1. The highest BCUT2D eigenvalue weighted by Crippen LogP contribution is 2.14. The zero-order chi connectivity index (χ0) is 25.6. The van der Waals surface area contributed by atoms with Gasteiger partial charge in [0.2, 0.25) is 0 Å². The van der Waals surface area contributed by atoms with E-state index < -0.39 is 17.9 Å². The van der Waals surface area contributed by atoms with Gasteiger partial charge in [-0.3, -0.25) is 39.0 Å². The van der Waals surface area contributed by atoms with E-state index in [-0.39, 0.29) is 19.6 Å². The minimum atomic E-state index is -0.975. The van der Waals surface area contributed by atoms with Gasteiger partial charge in [0, 0.05) is 70.5 Å². The largest absolute Gasteiger partial charge is 0.480 e. The van der Waals surface area contributed by atoms with Crippen molar-refractivity contribution in [3.05, 3.63) is 29.8 Å². The van der Waals surface area contributed by atoms with E-state index in [9.17, 15) is 29.7 Å². The third kappa shape index (κ3) is 12.0. The van der Waals surface area contributed by atoms with Crippen molar-refractivity contribution in [2.75, 3.05) is 72.0 Å². The molecule has 0 amide bonds. The average Bonchev–Trinajstić information content (AvgIpc) is 2.79. The van der Waals surface area contributed by atoms with Crippen LogP contribution in [-0.4, -0.2) is 136 Å². The molecule has 0 radical (unpaired) electrons. The Labute approximate surface area is 210 Å². The van der Waals surface area contributed by atoms with Crippen molar-refractivity contribution < 1.29 is 29.7 Å². The predicted molar refractivity (Wildman–Crippen MR) is 136 cm³/mol. The molecule has 3 N–H and O–H groups in total. The number of carboxylic acids is 3. The van der Waals surface area contributed by atoms with Crippen LogP contribution in [0.5, 0.6) is 0 Å². The van der Waals surface area contributed by atoms with E-state index in [1.165, 1.54) is 5.37 Å². The molecule has 192 valence electrons. The molecule has 1 aliphatic heterocycles. The Morgan fingerprint density at radius 1 is 0.714 bits per heavy atom. The van der Waals surface area contributed by atoms with Crippen molar-refractivity contribution in [2.24, 2.45) is 4.99 Å². The Kier molecular flexibility index (Phi) is 12.4. The van der Waals surface area contributed by atoms with Crippen LogP contribution in [-0.2, 0) is 20.9 Å². The van der Waals surface area contributed by atoms with E-state index >= 15 is 0 Å². The summed E-state index contributed by atoms with van der Waals surface area (Å²) >= 11 is 4.75. The first kappa shape index (κ1) is 28.5. The molecule has 1 aromatic rings. The van der Waals surface area contributed by atoms with Gasteiger partial charge in [-0.25, -0.2) is 0 Å². The van der Waals surface area contributed by atoms with Crippen LogP contribution in [0, 0.1) is 0 Å². The van der Waals surface area contributed by atoms with E-state index in [1.54, 1.807) is 11.1 Å². The Bertz CT molecular complexity index is 850. The number of aliphatic carboxylic acids is 3. The Balaban J connectivity index is 2.16. The van der Waals surface area contributed by atoms with E-state index in [4.69, 9.17) is 12.2 Å². The van der Waals surface area contributed by atoms with Gasteiger partial charge in [0.25, 0.3) is 0 Å². The molecule has 12 heteroatoms. The number of aliphatic imine (C=N–C) groups is 1. The lowest BCUT2D eigenvalue weighted by molar-refractivity contribution is -0.140. The molecule has 1 heterocycles. The molecule has 0 saturated carbocycles. The zero-order valence-corrected chi connectivity index (χ0v) is 20.5. The van der Waals surface area contributed by atoms with Crippen LogP contribution in [0.25, 0.3) is 0 Å². The van der Waals surface area contributed by atoms with Crippen molar-refractivity contribution in [3.8, 4) is 0 Å². The number of carbonyl (C=O) groups is 3. The summed E-state index contributed by atoms with van der Waals surface area (Å²) in [7, 11) is 0. The lowest BCUT2D eigenvalue weighted by Crippen LogP contribution is -2.48. The summed E-state index contributed by atoms with van der Waals surface area (Å²) in [5.74, 6) is -2.85. The van der Waals surface area contributed by atoms with Crippen LogP contribution < -0.4 is 0 Å². The number of hydrogen-bond donors (Lipinski definition) is 3. The van der Waals surface area contributed by atoms with Crippen molar-refractivity contribution in [3.63, 3.8) is 0 Å². The maximum absolute atomic E-state index is 11.4. The van der Waals surface area contributed by atoms with E-state index in [2.05, 4.69) is 9.89 Å². The van der Waals surface area contributed by atoms with Crippen molar-refractivity contribution in [2.45, 2.75) is 6.54 Å². The van der Waals surface area contributed by atoms with Gasteiger partial charge in [-0.1, -0.05) is 24.4 Å².